The highest BCUT2D eigenvalue weighted by Gasteiger charge is 2.36. The van der Waals surface area contributed by atoms with E-state index in [4.69, 9.17) is 5.73 Å². The Morgan fingerprint density at radius 2 is 1.35 bits per heavy atom. The van der Waals surface area contributed by atoms with Gasteiger partial charge in [0, 0.05) is 13.0 Å². The van der Waals surface area contributed by atoms with Crippen molar-refractivity contribution in [3.8, 4) is 0 Å². The highest BCUT2D eigenvalue weighted by atomic mass is 16.4. The lowest BCUT2D eigenvalue weighted by molar-refractivity contribution is -0.778. The van der Waals surface area contributed by atoms with E-state index in [1.165, 1.54) is 109 Å². The Morgan fingerprint density at radius 3 is 1.85 bits per heavy atom. The van der Waals surface area contributed by atoms with Crippen LogP contribution in [0.2, 0.25) is 0 Å². The molecule has 0 saturated carbocycles. The molecule has 0 aromatic rings. The molecule has 3 N–H and O–H groups in total. The van der Waals surface area contributed by atoms with Gasteiger partial charge in [0.05, 0.1) is 6.20 Å². The second-order valence-electron chi connectivity index (χ2n) is 10.0. The van der Waals surface area contributed by atoms with Crippen molar-refractivity contribution in [1.82, 2.24) is 0 Å². The minimum Gasteiger partial charge on any atom is -0.477 e. The average Bonchev–Trinajstić information content (AvgIpc) is 3.19. The Labute approximate surface area is 210 Å². The lowest BCUT2D eigenvalue weighted by atomic mass is 10.0. The molecule has 1 atom stereocenters. The third-order valence-corrected chi connectivity index (χ3v) is 6.95. The van der Waals surface area contributed by atoms with Crippen LogP contribution in [0.5, 0.6) is 0 Å². The number of carbonyl (C=O) groups is 1. The number of carboxylic acid groups (broad SMARTS) is 1. The Morgan fingerprint density at radius 1 is 0.853 bits per heavy atom. The topological polar surface area (TPSA) is 75.7 Å². The summed E-state index contributed by atoms with van der Waals surface area (Å²) in [6.45, 7) is 3.39. The Balaban J connectivity index is 1.89. The molecule has 0 amide bonds. The summed E-state index contributed by atoms with van der Waals surface area (Å²) in [7, 11) is 0. The van der Waals surface area contributed by atoms with Crippen LogP contribution in [-0.4, -0.2) is 41.0 Å². The summed E-state index contributed by atoms with van der Waals surface area (Å²) in [5, 5.41) is 9.28. The lowest BCUT2D eigenvalue weighted by Gasteiger charge is -2.30. The zero-order chi connectivity index (χ0) is 24.7. The molecule has 1 unspecified atom stereocenters. The zero-order valence-corrected chi connectivity index (χ0v) is 22.2. The first kappa shape index (κ1) is 30.6. The summed E-state index contributed by atoms with van der Waals surface area (Å²) >= 11 is 0. The fourth-order valence-corrected chi connectivity index (χ4v) is 4.87. The molecular weight excluding hydrogens is 422 g/mol. The molecule has 1 aliphatic rings. The molecule has 196 valence electrons. The van der Waals surface area contributed by atoms with Crippen LogP contribution in [0.4, 0.5) is 0 Å². The number of nitrogens with two attached hydrogens (primary N) is 1. The van der Waals surface area contributed by atoms with Crippen LogP contribution in [0.25, 0.3) is 0 Å². The number of allylic oxidation sites excluding steroid dienone is 2. The number of rotatable bonds is 24. The fourth-order valence-electron chi connectivity index (χ4n) is 4.87. The first-order valence-corrected chi connectivity index (χ1v) is 14.3. The summed E-state index contributed by atoms with van der Waals surface area (Å²) in [5.41, 5.74) is 5.74. The van der Waals surface area contributed by atoms with E-state index in [-0.39, 0.29) is 6.54 Å². The van der Waals surface area contributed by atoms with Crippen molar-refractivity contribution in [3.05, 3.63) is 24.6 Å². The number of hydrogen-bond acceptors (Lipinski definition) is 3. The third kappa shape index (κ3) is 14.7. The van der Waals surface area contributed by atoms with Gasteiger partial charge in [0.1, 0.15) is 12.7 Å². The standard InChI is InChI=1S/C29H53N3O2/c1-2-3-4-5-6-7-8-9-10-11-12-13-14-15-16-17-18-19-20-21-22-28-31-24-26-32(28,25-23-30)27-29(33)34/h7-8,24,26H,2-6,9-23,25,27,30H2,1H3/p+1/b8-7+. The molecule has 0 spiro atoms. The van der Waals surface area contributed by atoms with Crippen molar-refractivity contribution in [2.75, 3.05) is 19.6 Å². The molecule has 1 rings (SSSR count). The first-order valence-electron chi connectivity index (χ1n) is 14.3. The maximum Gasteiger partial charge on any atom is 0.360 e. The Kier molecular flexibility index (Phi) is 18.8. The Hall–Kier alpha value is -1.46. The molecule has 0 fully saturated rings. The third-order valence-electron chi connectivity index (χ3n) is 6.95. The number of carboxylic acids is 1. The summed E-state index contributed by atoms with van der Waals surface area (Å²) in [6.07, 6.45) is 33.2. The van der Waals surface area contributed by atoms with Crippen LogP contribution in [0.15, 0.2) is 29.5 Å². The second kappa shape index (κ2) is 20.9. The molecule has 5 heteroatoms. The number of unbranched alkanes of at least 4 members (excludes halogenated alkanes) is 16. The summed E-state index contributed by atoms with van der Waals surface area (Å²) in [6, 6.07) is 0. The highest BCUT2D eigenvalue weighted by Crippen LogP contribution is 2.21. The van der Waals surface area contributed by atoms with Crippen LogP contribution in [0.1, 0.15) is 129 Å². The van der Waals surface area contributed by atoms with Gasteiger partial charge in [-0.3, -0.25) is 0 Å². The molecule has 1 aliphatic heterocycles. The van der Waals surface area contributed by atoms with E-state index in [0.717, 1.165) is 18.7 Å². The molecule has 0 radical (unpaired) electrons. The second-order valence-corrected chi connectivity index (χ2v) is 10.0. The summed E-state index contributed by atoms with van der Waals surface area (Å²) in [4.78, 5) is 15.8. The predicted octanol–water partition coefficient (Wildman–Crippen LogP) is 7.72. The molecule has 0 aromatic carbocycles. The van der Waals surface area contributed by atoms with Crippen LogP contribution in [0, 0.1) is 0 Å². The van der Waals surface area contributed by atoms with E-state index >= 15 is 0 Å². The molecule has 0 aromatic heterocycles. The van der Waals surface area contributed by atoms with E-state index in [1.807, 2.05) is 6.20 Å². The minimum absolute atomic E-state index is 0.0444. The van der Waals surface area contributed by atoms with Gasteiger partial charge in [0.2, 0.25) is 5.84 Å². The molecule has 1 heterocycles. The average molecular weight is 477 g/mol. The van der Waals surface area contributed by atoms with Crippen molar-refractivity contribution >= 4 is 11.8 Å². The molecular formula is C29H54N3O2+. The number of amidine groups is 1. The number of aliphatic carboxylic acids is 1. The van der Waals surface area contributed by atoms with E-state index < -0.39 is 5.97 Å². The van der Waals surface area contributed by atoms with Gasteiger partial charge in [-0.1, -0.05) is 103 Å². The quantitative estimate of drug-likeness (QED) is 0.0850. The van der Waals surface area contributed by atoms with Gasteiger partial charge < -0.3 is 10.8 Å². The maximum atomic E-state index is 11.3. The van der Waals surface area contributed by atoms with Gasteiger partial charge >= 0.3 is 5.97 Å². The smallest absolute Gasteiger partial charge is 0.360 e. The predicted molar refractivity (Wildman–Crippen MR) is 146 cm³/mol. The van der Waals surface area contributed by atoms with Crippen LogP contribution in [-0.2, 0) is 4.79 Å². The number of aliphatic imine (C=N–C) groups is 1. The fraction of sp³-hybridized carbons (Fsp3) is 0.793. The van der Waals surface area contributed by atoms with E-state index in [9.17, 15) is 9.90 Å². The molecule has 0 saturated heterocycles. The van der Waals surface area contributed by atoms with Gasteiger partial charge in [-0.25, -0.2) is 14.3 Å². The van der Waals surface area contributed by atoms with Crippen molar-refractivity contribution in [1.29, 1.82) is 0 Å². The van der Waals surface area contributed by atoms with E-state index in [2.05, 4.69) is 24.1 Å². The molecule has 5 nitrogen and oxygen atoms in total. The van der Waals surface area contributed by atoms with E-state index in [0.29, 0.717) is 17.6 Å². The van der Waals surface area contributed by atoms with Crippen molar-refractivity contribution < 1.29 is 14.4 Å². The largest absolute Gasteiger partial charge is 0.477 e. The number of quaternary nitrogens is 1. The summed E-state index contributed by atoms with van der Waals surface area (Å²) < 4.78 is 0.307. The normalized spacial score (nSPS) is 17.6. The molecule has 34 heavy (non-hydrogen) atoms. The van der Waals surface area contributed by atoms with Gasteiger partial charge in [-0.15, -0.1) is 0 Å². The van der Waals surface area contributed by atoms with Gasteiger partial charge in [0.15, 0.2) is 6.54 Å². The van der Waals surface area contributed by atoms with Gasteiger partial charge in [0.25, 0.3) is 0 Å². The Bertz CT molecular complexity index is 600. The maximum absolute atomic E-state index is 11.3. The van der Waals surface area contributed by atoms with Crippen LogP contribution in [0.3, 0.4) is 0 Å². The monoisotopic (exact) mass is 476 g/mol. The molecule has 0 aliphatic carbocycles. The highest BCUT2D eigenvalue weighted by molar-refractivity contribution is 5.81. The van der Waals surface area contributed by atoms with Crippen LogP contribution < -0.4 is 5.73 Å². The van der Waals surface area contributed by atoms with Crippen LogP contribution >= 0.6 is 0 Å². The van der Waals surface area contributed by atoms with Crippen molar-refractivity contribution in [2.45, 2.75) is 129 Å². The lowest BCUT2D eigenvalue weighted by Crippen LogP contribution is -2.52. The first-order chi connectivity index (χ1) is 16.6. The zero-order valence-electron chi connectivity index (χ0n) is 22.2. The van der Waals surface area contributed by atoms with Gasteiger partial charge in [-0.05, 0) is 32.1 Å². The van der Waals surface area contributed by atoms with E-state index in [1.54, 1.807) is 6.20 Å². The number of nitrogens with zero attached hydrogens (tertiary/aromatic N) is 2. The molecule has 0 bridgehead atoms. The summed E-state index contributed by atoms with van der Waals surface area (Å²) in [5.74, 6) is 0.166. The SMILES string of the molecule is CCCCCC/C=C/CCCCCCCCCCCCCCC1=NC=C[N+]1(CCN)CC(=O)O. The number of hydrogen-bond donors (Lipinski definition) is 2. The van der Waals surface area contributed by atoms with Crippen molar-refractivity contribution in [2.24, 2.45) is 10.7 Å². The van der Waals surface area contributed by atoms with Crippen molar-refractivity contribution in [3.63, 3.8) is 0 Å². The minimum atomic E-state index is -0.798. The van der Waals surface area contributed by atoms with Gasteiger partial charge in [-0.2, -0.15) is 0 Å².